The van der Waals surface area contributed by atoms with E-state index < -0.39 is 0 Å². The standard InChI is InChI=1S/C21H20N2O/c1-14-7-6-9-16(13-14)20-19-17-10-5-4-8-15(17)11-12-18(19)24-21(22-20)23(2)3/h4-13,20H,1-3H3. The summed E-state index contributed by atoms with van der Waals surface area (Å²) in [4.78, 5) is 6.82. The van der Waals surface area contributed by atoms with E-state index in [1.807, 2.05) is 19.0 Å². The number of rotatable bonds is 1. The third kappa shape index (κ3) is 2.42. The highest BCUT2D eigenvalue weighted by Gasteiger charge is 2.27. The van der Waals surface area contributed by atoms with Gasteiger partial charge in [-0.25, -0.2) is 4.99 Å². The Morgan fingerprint density at radius 2 is 1.79 bits per heavy atom. The number of benzene rings is 3. The fourth-order valence-electron chi connectivity index (χ4n) is 3.23. The van der Waals surface area contributed by atoms with E-state index in [1.165, 1.54) is 21.9 Å². The van der Waals surface area contributed by atoms with E-state index in [4.69, 9.17) is 9.73 Å². The van der Waals surface area contributed by atoms with Gasteiger partial charge in [0, 0.05) is 19.7 Å². The van der Waals surface area contributed by atoms with Crippen LogP contribution in [-0.2, 0) is 0 Å². The van der Waals surface area contributed by atoms with E-state index >= 15 is 0 Å². The molecular weight excluding hydrogens is 296 g/mol. The van der Waals surface area contributed by atoms with Gasteiger partial charge in [0.1, 0.15) is 11.8 Å². The summed E-state index contributed by atoms with van der Waals surface area (Å²) in [5.74, 6) is 0.888. The van der Waals surface area contributed by atoms with Crippen molar-refractivity contribution in [2.75, 3.05) is 14.1 Å². The van der Waals surface area contributed by atoms with Gasteiger partial charge in [-0.3, -0.25) is 0 Å². The van der Waals surface area contributed by atoms with Gasteiger partial charge in [0.15, 0.2) is 0 Å². The lowest BCUT2D eigenvalue weighted by atomic mass is 9.92. The number of nitrogens with zero attached hydrogens (tertiary/aromatic N) is 2. The molecule has 0 radical (unpaired) electrons. The van der Waals surface area contributed by atoms with E-state index in [-0.39, 0.29) is 6.04 Å². The molecule has 0 fully saturated rings. The van der Waals surface area contributed by atoms with E-state index in [1.54, 1.807) is 0 Å². The van der Waals surface area contributed by atoms with Crippen molar-refractivity contribution in [1.29, 1.82) is 0 Å². The molecule has 0 amide bonds. The van der Waals surface area contributed by atoms with Crippen LogP contribution >= 0.6 is 0 Å². The molecular formula is C21H20N2O. The SMILES string of the molecule is Cc1cccc(C2N=C(N(C)C)Oc3ccc4ccccc4c32)c1. The molecule has 0 saturated heterocycles. The molecule has 24 heavy (non-hydrogen) atoms. The molecule has 1 heterocycles. The predicted octanol–water partition coefficient (Wildman–Crippen LogP) is 4.55. The van der Waals surface area contributed by atoms with Gasteiger partial charge in [-0.2, -0.15) is 0 Å². The third-order valence-electron chi connectivity index (χ3n) is 4.39. The van der Waals surface area contributed by atoms with Crippen molar-refractivity contribution in [3.8, 4) is 5.75 Å². The summed E-state index contributed by atoms with van der Waals surface area (Å²) in [6.45, 7) is 2.11. The minimum absolute atomic E-state index is 0.0582. The first-order valence-electron chi connectivity index (χ1n) is 8.14. The molecule has 120 valence electrons. The number of aliphatic imine (C=N–C) groups is 1. The van der Waals surface area contributed by atoms with E-state index in [9.17, 15) is 0 Å². The van der Waals surface area contributed by atoms with Gasteiger partial charge in [-0.1, -0.05) is 60.2 Å². The van der Waals surface area contributed by atoms with Crippen molar-refractivity contribution >= 4 is 16.8 Å². The summed E-state index contributed by atoms with van der Waals surface area (Å²) < 4.78 is 6.06. The fourth-order valence-corrected chi connectivity index (χ4v) is 3.23. The third-order valence-corrected chi connectivity index (χ3v) is 4.39. The van der Waals surface area contributed by atoms with Crippen LogP contribution in [0.1, 0.15) is 22.7 Å². The minimum Gasteiger partial charge on any atom is -0.426 e. The first kappa shape index (κ1) is 14.8. The normalized spacial score (nSPS) is 16.3. The van der Waals surface area contributed by atoms with Gasteiger partial charge in [-0.15, -0.1) is 0 Å². The highest BCUT2D eigenvalue weighted by Crippen LogP contribution is 2.41. The van der Waals surface area contributed by atoms with E-state index in [0.717, 1.165) is 11.3 Å². The number of hydrogen-bond acceptors (Lipinski definition) is 3. The average molecular weight is 316 g/mol. The molecule has 1 aliphatic rings. The molecule has 1 aliphatic heterocycles. The molecule has 1 atom stereocenters. The second kappa shape index (κ2) is 5.68. The van der Waals surface area contributed by atoms with Crippen LogP contribution in [0.2, 0.25) is 0 Å². The lowest BCUT2D eigenvalue weighted by Gasteiger charge is -2.28. The Labute approximate surface area is 142 Å². The van der Waals surface area contributed by atoms with Gasteiger partial charge in [0.25, 0.3) is 6.02 Å². The first-order chi connectivity index (χ1) is 11.6. The molecule has 0 saturated carbocycles. The van der Waals surface area contributed by atoms with Crippen molar-refractivity contribution in [3.63, 3.8) is 0 Å². The zero-order valence-corrected chi connectivity index (χ0v) is 14.2. The van der Waals surface area contributed by atoms with Crippen molar-refractivity contribution in [3.05, 3.63) is 77.4 Å². The second-order valence-electron chi connectivity index (χ2n) is 6.42. The average Bonchev–Trinajstić information content (AvgIpc) is 2.60. The smallest absolute Gasteiger partial charge is 0.293 e. The van der Waals surface area contributed by atoms with Crippen molar-refractivity contribution < 1.29 is 4.74 Å². The molecule has 0 bridgehead atoms. The van der Waals surface area contributed by atoms with Crippen molar-refractivity contribution in [2.24, 2.45) is 4.99 Å². The lowest BCUT2D eigenvalue weighted by Crippen LogP contribution is -2.31. The maximum absolute atomic E-state index is 6.06. The van der Waals surface area contributed by atoms with Crippen LogP contribution in [0.15, 0.2) is 65.7 Å². The summed E-state index contributed by atoms with van der Waals surface area (Å²) in [6, 6.07) is 21.7. The first-order valence-corrected chi connectivity index (χ1v) is 8.14. The zero-order chi connectivity index (χ0) is 16.7. The largest absolute Gasteiger partial charge is 0.426 e. The monoisotopic (exact) mass is 316 g/mol. The number of fused-ring (bicyclic) bond motifs is 3. The molecule has 0 spiro atoms. The van der Waals surface area contributed by atoms with Crippen LogP contribution in [0.4, 0.5) is 0 Å². The molecule has 0 aromatic heterocycles. The molecule has 3 aromatic carbocycles. The van der Waals surface area contributed by atoms with Gasteiger partial charge >= 0.3 is 0 Å². The number of amidine groups is 1. The molecule has 4 rings (SSSR count). The zero-order valence-electron chi connectivity index (χ0n) is 14.2. The van der Waals surface area contributed by atoms with Gasteiger partial charge < -0.3 is 9.64 Å². The van der Waals surface area contributed by atoms with Crippen molar-refractivity contribution in [2.45, 2.75) is 13.0 Å². The summed E-state index contributed by atoms with van der Waals surface area (Å²) in [5.41, 5.74) is 3.57. The molecule has 3 aromatic rings. The Kier molecular flexibility index (Phi) is 3.49. The predicted molar refractivity (Wildman–Crippen MR) is 98.7 cm³/mol. The molecule has 0 aliphatic carbocycles. The van der Waals surface area contributed by atoms with E-state index in [2.05, 4.69) is 67.6 Å². The van der Waals surface area contributed by atoms with Gasteiger partial charge in [0.2, 0.25) is 0 Å². The Bertz CT molecular complexity index is 943. The van der Waals surface area contributed by atoms with Gasteiger partial charge in [0.05, 0.1) is 0 Å². The maximum Gasteiger partial charge on any atom is 0.293 e. The van der Waals surface area contributed by atoms with Crippen LogP contribution in [0, 0.1) is 6.92 Å². The Hall–Kier alpha value is -2.81. The quantitative estimate of drug-likeness (QED) is 0.658. The maximum atomic E-state index is 6.06. The highest BCUT2D eigenvalue weighted by molar-refractivity contribution is 5.91. The minimum atomic E-state index is -0.0582. The van der Waals surface area contributed by atoms with Crippen LogP contribution in [0.5, 0.6) is 5.75 Å². The summed E-state index contributed by atoms with van der Waals surface area (Å²) in [5, 5.41) is 2.41. The van der Waals surface area contributed by atoms with Crippen LogP contribution in [-0.4, -0.2) is 25.0 Å². The Balaban J connectivity index is 1.99. The summed E-state index contributed by atoms with van der Waals surface area (Å²) in [7, 11) is 3.91. The fraction of sp³-hybridized carbons (Fsp3) is 0.190. The Morgan fingerprint density at radius 1 is 0.958 bits per heavy atom. The molecule has 0 N–H and O–H groups in total. The topological polar surface area (TPSA) is 24.8 Å². The molecule has 1 unspecified atom stereocenters. The van der Waals surface area contributed by atoms with Crippen LogP contribution in [0.25, 0.3) is 10.8 Å². The number of aryl methyl sites for hydroxylation is 1. The van der Waals surface area contributed by atoms with Crippen LogP contribution < -0.4 is 4.74 Å². The highest BCUT2D eigenvalue weighted by atomic mass is 16.5. The van der Waals surface area contributed by atoms with Gasteiger partial charge in [-0.05, 0) is 29.3 Å². The summed E-state index contributed by atoms with van der Waals surface area (Å²) >= 11 is 0. The molecule has 3 heteroatoms. The van der Waals surface area contributed by atoms with E-state index in [0.29, 0.717) is 6.02 Å². The molecule has 3 nitrogen and oxygen atoms in total. The number of hydrogen-bond donors (Lipinski definition) is 0. The van der Waals surface area contributed by atoms with Crippen LogP contribution in [0.3, 0.4) is 0 Å². The Morgan fingerprint density at radius 3 is 2.58 bits per heavy atom. The lowest BCUT2D eigenvalue weighted by molar-refractivity contribution is 0.407. The second-order valence-corrected chi connectivity index (χ2v) is 6.42. The summed E-state index contributed by atoms with van der Waals surface area (Å²) in [6.07, 6.45) is 0. The number of ether oxygens (including phenoxy) is 1. The van der Waals surface area contributed by atoms with Crippen molar-refractivity contribution in [1.82, 2.24) is 4.90 Å².